The second-order valence-corrected chi connectivity index (χ2v) is 5.70. The molecule has 5 heteroatoms. The van der Waals surface area contributed by atoms with Crippen LogP contribution in [-0.4, -0.2) is 22.1 Å². The minimum atomic E-state index is -0.784. The van der Waals surface area contributed by atoms with Crippen molar-refractivity contribution < 1.29 is 9.90 Å². The van der Waals surface area contributed by atoms with Gasteiger partial charge in [0, 0.05) is 11.7 Å². The van der Waals surface area contributed by atoms with Crippen molar-refractivity contribution in [2.24, 2.45) is 5.41 Å². The molecule has 1 fully saturated rings. The maximum atomic E-state index is 11.5. The van der Waals surface area contributed by atoms with Gasteiger partial charge in [0.25, 0.3) is 0 Å². The summed E-state index contributed by atoms with van der Waals surface area (Å²) in [4.78, 5) is 15.8. The van der Waals surface area contributed by atoms with Crippen molar-refractivity contribution in [3.8, 4) is 6.07 Å². The first-order valence-electron chi connectivity index (χ1n) is 6.77. The van der Waals surface area contributed by atoms with Crippen LogP contribution in [0.25, 0.3) is 0 Å². The van der Waals surface area contributed by atoms with Crippen LogP contribution >= 0.6 is 0 Å². The molecule has 0 saturated heterocycles. The van der Waals surface area contributed by atoms with E-state index < -0.39 is 11.4 Å². The summed E-state index contributed by atoms with van der Waals surface area (Å²) in [6.07, 6.45) is 2.34. The van der Waals surface area contributed by atoms with E-state index in [0.717, 1.165) is 18.5 Å². The van der Waals surface area contributed by atoms with Gasteiger partial charge >= 0.3 is 5.97 Å². The third kappa shape index (κ3) is 2.34. The monoisotopic (exact) mass is 273 g/mol. The van der Waals surface area contributed by atoms with Crippen molar-refractivity contribution in [3.63, 3.8) is 0 Å². The lowest BCUT2D eigenvalue weighted by Crippen LogP contribution is -2.40. The SMILES string of the molecule is Cc1cc(NC2CCCC2(C)C(=O)O)c(C#N)c(C)n1. The smallest absolute Gasteiger partial charge is 0.311 e. The van der Waals surface area contributed by atoms with E-state index in [1.165, 1.54) is 0 Å². The highest BCUT2D eigenvalue weighted by molar-refractivity contribution is 5.77. The average molecular weight is 273 g/mol. The molecule has 2 atom stereocenters. The highest BCUT2D eigenvalue weighted by atomic mass is 16.4. The van der Waals surface area contributed by atoms with Crippen LogP contribution in [0.3, 0.4) is 0 Å². The molecule has 20 heavy (non-hydrogen) atoms. The Balaban J connectivity index is 2.36. The summed E-state index contributed by atoms with van der Waals surface area (Å²) < 4.78 is 0. The minimum Gasteiger partial charge on any atom is -0.481 e. The number of hydrogen-bond acceptors (Lipinski definition) is 4. The molecule has 0 bridgehead atoms. The Labute approximate surface area is 118 Å². The number of nitrogens with one attached hydrogen (secondary N) is 1. The van der Waals surface area contributed by atoms with E-state index in [4.69, 9.17) is 0 Å². The molecule has 1 aromatic rings. The number of rotatable bonds is 3. The molecule has 2 rings (SSSR count). The van der Waals surface area contributed by atoms with E-state index in [1.807, 2.05) is 13.0 Å². The summed E-state index contributed by atoms with van der Waals surface area (Å²) >= 11 is 0. The topological polar surface area (TPSA) is 86.0 Å². The summed E-state index contributed by atoms with van der Waals surface area (Å²) in [5.41, 5.74) is 1.90. The number of carboxylic acids is 1. The Morgan fingerprint density at radius 1 is 1.60 bits per heavy atom. The van der Waals surface area contributed by atoms with Gasteiger partial charge in [0.1, 0.15) is 6.07 Å². The number of anilines is 1. The zero-order valence-electron chi connectivity index (χ0n) is 12.0. The van der Waals surface area contributed by atoms with Gasteiger partial charge in [-0.15, -0.1) is 0 Å². The molecule has 0 aliphatic heterocycles. The van der Waals surface area contributed by atoms with Crippen LogP contribution in [0.5, 0.6) is 0 Å². The molecule has 1 saturated carbocycles. The molecular formula is C15H19N3O2. The Bertz CT molecular complexity index is 592. The molecule has 0 radical (unpaired) electrons. The Morgan fingerprint density at radius 2 is 2.30 bits per heavy atom. The number of aromatic nitrogens is 1. The number of nitriles is 1. The predicted octanol–water partition coefficient (Wildman–Crippen LogP) is 2.63. The van der Waals surface area contributed by atoms with Crippen LogP contribution < -0.4 is 5.32 Å². The summed E-state index contributed by atoms with van der Waals surface area (Å²) in [5, 5.41) is 22.0. The van der Waals surface area contributed by atoms with Crippen molar-refractivity contribution in [2.75, 3.05) is 5.32 Å². The molecular weight excluding hydrogens is 254 g/mol. The molecule has 5 nitrogen and oxygen atoms in total. The predicted molar refractivity (Wildman–Crippen MR) is 75.4 cm³/mol. The van der Waals surface area contributed by atoms with Crippen LogP contribution in [0.2, 0.25) is 0 Å². The van der Waals surface area contributed by atoms with Crippen molar-refractivity contribution in [1.29, 1.82) is 5.26 Å². The van der Waals surface area contributed by atoms with Gasteiger partial charge < -0.3 is 10.4 Å². The average Bonchev–Trinajstić information content (AvgIpc) is 2.72. The van der Waals surface area contributed by atoms with Crippen LogP contribution in [0.1, 0.15) is 43.1 Å². The van der Waals surface area contributed by atoms with Gasteiger partial charge in [-0.05, 0) is 39.7 Å². The van der Waals surface area contributed by atoms with E-state index in [0.29, 0.717) is 23.4 Å². The molecule has 1 heterocycles. The van der Waals surface area contributed by atoms with E-state index in [1.54, 1.807) is 13.8 Å². The van der Waals surface area contributed by atoms with Gasteiger partial charge in [-0.3, -0.25) is 9.78 Å². The number of carboxylic acid groups (broad SMARTS) is 1. The number of hydrogen-bond donors (Lipinski definition) is 2. The Morgan fingerprint density at radius 3 is 2.90 bits per heavy atom. The quantitative estimate of drug-likeness (QED) is 0.884. The summed E-state index contributed by atoms with van der Waals surface area (Å²) in [7, 11) is 0. The zero-order chi connectivity index (χ0) is 14.9. The van der Waals surface area contributed by atoms with Crippen molar-refractivity contribution >= 4 is 11.7 Å². The molecule has 0 aromatic carbocycles. The maximum absolute atomic E-state index is 11.5. The minimum absolute atomic E-state index is 0.159. The van der Waals surface area contributed by atoms with E-state index in [2.05, 4.69) is 16.4 Å². The van der Waals surface area contributed by atoms with Crippen molar-refractivity contribution in [3.05, 3.63) is 23.0 Å². The van der Waals surface area contributed by atoms with E-state index >= 15 is 0 Å². The van der Waals surface area contributed by atoms with Crippen LogP contribution in [0, 0.1) is 30.6 Å². The third-order valence-corrected chi connectivity index (χ3v) is 4.22. The molecule has 1 aliphatic rings. The normalized spacial score (nSPS) is 25.2. The van der Waals surface area contributed by atoms with Gasteiger partial charge in [-0.25, -0.2) is 0 Å². The fourth-order valence-electron chi connectivity index (χ4n) is 2.92. The first kappa shape index (κ1) is 14.3. The van der Waals surface area contributed by atoms with Gasteiger partial charge in [-0.2, -0.15) is 5.26 Å². The number of aryl methyl sites for hydroxylation is 2. The highest BCUT2D eigenvalue weighted by Crippen LogP contribution is 2.40. The lowest BCUT2D eigenvalue weighted by atomic mass is 9.84. The molecule has 0 amide bonds. The lowest BCUT2D eigenvalue weighted by Gasteiger charge is -2.29. The fraction of sp³-hybridized carbons (Fsp3) is 0.533. The first-order chi connectivity index (χ1) is 9.38. The van der Waals surface area contributed by atoms with Crippen LogP contribution in [0.15, 0.2) is 6.07 Å². The van der Waals surface area contributed by atoms with Crippen molar-refractivity contribution in [2.45, 2.75) is 46.1 Å². The Hall–Kier alpha value is -2.09. The molecule has 1 aliphatic carbocycles. The summed E-state index contributed by atoms with van der Waals surface area (Å²) in [5.74, 6) is -0.784. The first-order valence-corrected chi connectivity index (χ1v) is 6.77. The Kier molecular flexibility index (Phi) is 3.67. The molecule has 106 valence electrons. The maximum Gasteiger partial charge on any atom is 0.311 e. The number of pyridine rings is 1. The second-order valence-electron chi connectivity index (χ2n) is 5.70. The molecule has 2 N–H and O–H groups in total. The standard InChI is InChI=1S/C15H19N3O2/c1-9-7-12(11(8-16)10(2)17-9)18-13-5-4-6-15(13,3)14(19)20/h7,13H,4-6H2,1-3H3,(H,17,18)(H,19,20). The highest BCUT2D eigenvalue weighted by Gasteiger charge is 2.45. The summed E-state index contributed by atoms with van der Waals surface area (Å²) in [6, 6.07) is 3.80. The van der Waals surface area contributed by atoms with E-state index in [-0.39, 0.29) is 6.04 Å². The molecule has 2 unspecified atom stereocenters. The van der Waals surface area contributed by atoms with Crippen LogP contribution in [0.4, 0.5) is 5.69 Å². The van der Waals surface area contributed by atoms with Gasteiger partial charge in [0.15, 0.2) is 0 Å². The number of carbonyl (C=O) groups is 1. The summed E-state index contributed by atoms with van der Waals surface area (Å²) in [6.45, 7) is 5.43. The van der Waals surface area contributed by atoms with E-state index in [9.17, 15) is 15.2 Å². The molecule has 0 spiro atoms. The largest absolute Gasteiger partial charge is 0.481 e. The number of nitrogens with zero attached hydrogens (tertiary/aromatic N) is 2. The molecule has 1 aromatic heterocycles. The van der Waals surface area contributed by atoms with Gasteiger partial charge in [0.2, 0.25) is 0 Å². The van der Waals surface area contributed by atoms with Crippen molar-refractivity contribution in [1.82, 2.24) is 4.98 Å². The van der Waals surface area contributed by atoms with Crippen LogP contribution in [-0.2, 0) is 4.79 Å². The zero-order valence-corrected chi connectivity index (χ0v) is 12.0. The fourth-order valence-corrected chi connectivity index (χ4v) is 2.92. The van der Waals surface area contributed by atoms with Gasteiger partial charge in [0.05, 0.1) is 22.4 Å². The third-order valence-electron chi connectivity index (χ3n) is 4.22. The lowest BCUT2D eigenvalue weighted by molar-refractivity contribution is -0.147. The second kappa shape index (κ2) is 5.12. The van der Waals surface area contributed by atoms with Gasteiger partial charge in [-0.1, -0.05) is 6.42 Å². The number of aliphatic carboxylic acids is 1.